The first-order valence-corrected chi connectivity index (χ1v) is 11.1. The number of hydrogen-bond acceptors (Lipinski definition) is 4. The highest BCUT2D eigenvalue weighted by Crippen LogP contribution is 2.23. The molecular formula is C26H30N4O. The van der Waals surface area contributed by atoms with Crippen LogP contribution in [-0.2, 0) is 11.3 Å². The Morgan fingerprint density at radius 2 is 1.74 bits per heavy atom. The average Bonchev–Trinajstić information content (AvgIpc) is 2.83. The Hall–Kier alpha value is -3.21. The predicted molar refractivity (Wildman–Crippen MR) is 125 cm³/mol. The Kier molecular flexibility index (Phi) is 6.60. The van der Waals surface area contributed by atoms with Crippen LogP contribution >= 0.6 is 0 Å². The maximum Gasteiger partial charge on any atom is 0.225 e. The van der Waals surface area contributed by atoms with Crippen molar-refractivity contribution in [1.82, 2.24) is 15.3 Å². The van der Waals surface area contributed by atoms with E-state index in [0.717, 1.165) is 36.1 Å². The van der Waals surface area contributed by atoms with Crippen molar-refractivity contribution in [3.63, 3.8) is 0 Å². The molecule has 0 bridgehead atoms. The molecule has 0 saturated carbocycles. The molecule has 1 aromatic heterocycles. The largest absolute Gasteiger partial charge is 0.352 e. The van der Waals surface area contributed by atoms with E-state index in [2.05, 4.69) is 70.4 Å². The number of hydrogen-bond donors (Lipinski definition) is 1. The summed E-state index contributed by atoms with van der Waals surface area (Å²) in [6, 6.07) is 18.6. The van der Waals surface area contributed by atoms with E-state index in [9.17, 15) is 4.79 Å². The van der Waals surface area contributed by atoms with Crippen molar-refractivity contribution in [2.45, 2.75) is 39.2 Å². The molecule has 2 aromatic carbocycles. The number of rotatable bonds is 6. The molecule has 1 N–H and O–H groups in total. The summed E-state index contributed by atoms with van der Waals surface area (Å²) in [5.41, 5.74) is 4.55. The summed E-state index contributed by atoms with van der Waals surface area (Å²) in [7, 11) is 0. The van der Waals surface area contributed by atoms with E-state index in [0.29, 0.717) is 25.0 Å². The average molecular weight is 415 g/mol. The highest BCUT2D eigenvalue weighted by molar-refractivity contribution is 5.79. The van der Waals surface area contributed by atoms with Gasteiger partial charge in [-0.3, -0.25) is 4.79 Å². The van der Waals surface area contributed by atoms with Gasteiger partial charge in [0.1, 0.15) is 0 Å². The van der Waals surface area contributed by atoms with Crippen LogP contribution in [0.5, 0.6) is 0 Å². The summed E-state index contributed by atoms with van der Waals surface area (Å²) in [4.78, 5) is 24.1. The van der Waals surface area contributed by atoms with Gasteiger partial charge in [0.2, 0.25) is 11.9 Å². The van der Waals surface area contributed by atoms with Gasteiger partial charge in [-0.25, -0.2) is 9.97 Å². The van der Waals surface area contributed by atoms with Gasteiger partial charge in [-0.2, -0.15) is 0 Å². The molecular weight excluding hydrogens is 384 g/mol. The summed E-state index contributed by atoms with van der Waals surface area (Å²) < 4.78 is 0. The van der Waals surface area contributed by atoms with Gasteiger partial charge in [-0.1, -0.05) is 68.4 Å². The molecule has 1 aliphatic heterocycles. The molecule has 1 saturated heterocycles. The van der Waals surface area contributed by atoms with E-state index < -0.39 is 0 Å². The monoisotopic (exact) mass is 414 g/mol. The highest BCUT2D eigenvalue weighted by atomic mass is 16.1. The van der Waals surface area contributed by atoms with Crippen LogP contribution in [0.2, 0.25) is 0 Å². The minimum atomic E-state index is -0.0407. The summed E-state index contributed by atoms with van der Waals surface area (Å²) in [5.74, 6) is 1.28. The Balaban J connectivity index is 1.34. The first-order valence-electron chi connectivity index (χ1n) is 11.1. The van der Waals surface area contributed by atoms with Crippen LogP contribution in [0.4, 0.5) is 5.95 Å². The van der Waals surface area contributed by atoms with Crippen LogP contribution in [0.3, 0.4) is 0 Å². The zero-order chi connectivity index (χ0) is 21.6. The van der Waals surface area contributed by atoms with Crippen LogP contribution in [0, 0.1) is 5.92 Å². The van der Waals surface area contributed by atoms with Crippen molar-refractivity contribution in [1.29, 1.82) is 0 Å². The number of benzene rings is 2. The standard InChI is InChI=1S/C26H30N4O/c1-19(2)21-12-10-20(11-13-21)15-27-25(31)23-9-6-14-30(18-23)26-28-16-24(17-29-26)22-7-4-3-5-8-22/h3-5,7-8,10-13,16-17,19,23H,6,9,14-15,18H2,1-2H3,(H,27,31). The molecule has 2 heterocycles. The molecule has 1 unspecified atom stereocenters. The Morgan fingerprint density at radius 1 is 1.03 bits per heavy atom. The molecule has 1 atom stereocenters. The maximum atomic E-state index is 12.8. The van der Waals surface area contributed by atoms with Gasteiger partial charge in [0.25, 0.3) is 0 Å². The molecule has 5 nitrogen and oxygen atoms in total. The van der Waals surface area contributed by atoms with Crippen LogP contribution in [0.1, 0.15) is 43.7 Å². The molecule has 31 heavy (non-hydrogen) atoms. The maximum absolute atomic E-state index is 12.8. The van der Waals surface area contributed by atoms with Gasteiger partial charge in [0, 0.05) is 37.6 Å². The van der Waals surface area contributed by atoms with Gasteiger partial charge in [-0.05, 0) is 35.4 Å². The molecule has 1 aliphatic rings. The summed E-state index contributed by atoms with van der Waals surface area (Å²) >= 11 is 0. The lowest BCUT2D eigenvalue weighted by Crippen LogP contribution is -2.43. The minimum absolute atomic E-state index is 0.0407. The lowest BCUT2D eigenvalue weighted by molar-refractivity contribution is -0.125. The van der Waals surface area contributed by atoms with E-state index in [-0.39, 0.29) is 11.8 Å². The molecule has 1 fully saturated rings. The van der Waals surface area contributed by atoms with Crippen LogP contribution in [0.15, 0.2) is 67.0 Å². The predicted octanol–water partition coefficient (Wildman–Crippen LogP) is 4.80. The van der Waals surface area contributed by atoms with Crippen molar-refractivity contribution in [3.05, 3.63) is 78.1 Å². The number of nitrogens with zero attached hydrogens (tertiary/aromatic N) is 3. The van der Waals surface area contributed by atoms with Crippen molar-refractivity contribution in [2.75, 3.05) is 18.0 Å². The number of nitrogens with one attached hydrogen (secondary N) is 1. The fraction of sp³-hybridized carbons (Fsp3) is 0.346. The second-order valence-electron chi connectivity index (χ2n) is 8.54. The SMILES string of the molecule is CC(C)c1ccc(CNC(=O)C2CCCN(c3ncc(-c4ccccc4)cn3)C2)cc1. The van der Waals surface area contributed by atoms with Crippen molar-refractivity contribution >= 4 is 11.9 Å². The molecule has 3 aromatic rings. The van der Waals surface area contributed by atoms with E-state index in [1.54, 1.807) is 0 Å². The number of amides is 1. The zero-order valence-corrected chi connectivity index (χ0v) is 18.3. The second-order valence-corrected chi connectivity index (χ2v) is 8.54. The van der Waals surface area contributed by atoms with Gasteiger partial charge in [0.05, 0.1) is 5.92 Å². The normalized spacial score (nSPS) is 16.4. The second kappa shape index (κ2) is 9.73. The molecule has 4 rings (SSSR count). The fourth-order valence-corrected chi connectivity index (χ4v) is 3.99. The lowest BCUT2D eigenvalue weighted by Gasteiger charge is -2.32. The van der Waals surface area contributed by atoms with Crippen LogP contribution < -0.4 is 10.2 Å². The van der Waals surface area contributed by atoms with Gasteiger partial charge < -0.3 is 10.2 Å². The third kappa shape index (κ3) is 5.29. The Labute approximate surface area is 184 Å². The molecule has 160 valence electrons. The molecule has 1 amide bonds. The van der Waals surface area contributed by atoms with E-state index >= 15 is 0 Å². The van der Waals surface area contributed by atoms with E-state index in [1.807, 2.05) is 30.6 Å². The smallest absolute Gasteiger partial charge is 0.225 e. The van der Waals surface area contributed by atoms with E-state index in [4.69, 9.17) is 0 Å². The molecule has 0 aliphatic carbocycles. The van der Waals surface area contributed by atoms with Crippen LogP contribution in [0.25, 0.3) is 11.1 Å². The Morgan fingerprint density at radius 3 is 2.42 bits per heavy atom. The lowest BCUT2D eigenvalue weighted by atomic mass is 9.97. The quantitative estimate of drug-likeness (QED) is 0.629. The topological polar surface area (TPSA) is 58.1 Å². The molecule has 0 spiro atoms. The number of aromatic nitrogens is 2. The first-order chi connectivity index (χ1) is 15.1. The van der Waals surface area contributed by atoms with E-state index in [1.165, 1.54) is 5.56 Å². The van der Waals surface area contributed by atoms with Crippen molar-refractivity contribution in [2.24, 2.45) is 5.92 Å². The zero-order valence-electron chi connectivity index (χ0n) is 18.3. The van der Waals surface area contributed by atoms with Crippen molar-refractivity contribution in [3.8, 4) is 11.1 Å². The number of anilines is 1. The highest BCUT2D eigenvalue weighted by Gasteiger charge is 2.27. The number of carbonyl (C=O) groups is 1. The van der Waals surface area contributed by atoms with Gasteiger partial charge in [-0.15, -0.1) is 0 Å². The molecule has 0 radical (unpaired) electrons. The summed E-state index contributed by atoms with van der Waals surface area (Å²) in [5, 5.41) is 3.11. The van der Waals surface area contributed by atoms with Gasteiger partial charge in [0.15, 0.2) is 0 Å². The van der Waals surface area contributed by atoms with Crippen LogP contribution in [-0.4, -0.2) is 29.0 Å². The number of piperidine rings is 1. The molecule has 5 heteroatoms. The third-order valence-electron chi connectivity index (χ3n) is 5.93. The number of carbonyl (C=O) groups excluding carboxylic acids is 1. The van der Waals surface area contributed by atoms with Gasteiger partial charge >= 0.3 is 0 Å². The fourth-order valence-electron chi connectivity index (χ4n) is 3.99. The first kappa shape index (κ1) is 21.0. The minimum Gasteiger partial charge on any atom is -0.352 e. The summed E-state index contributed by atoms with van der Waals surface area (Å²) in [6.07, 6.45) is 5.59. The Bertz CT molecular complexity index is 984. The third-order valence-corrected chi connectivity index (χ3v) is 5.93. The summed E-state index contributed by atoms with van der Waals surface area (Å²) in [6.45, 7) is 6.47. The van der Waals surface area contributed by atoms with Crippen molar-refractivity contribution < 1.29 is 4.79 Å².